The molecule has 0 bridgehead atoms. The van der Waals surface area contributed by atoms with Crippen LogP contribution in [0.1, 0.15) is 34.3 Å². The van der Waals surface area contributed by atoms with Crippen molar-refractivity contribution in [3.63, 3.8) is 0 Å². The topological polar surface area (TPSA) is 118 Å². The highest BCUT2D eigenvalue weighted by Gasteiger charge is 2.10. The normalized spacial score (nSPS) is 10.2. The van der Waals surface area contributed by atoms with Gasteiger partial charge in [0.1, 0.15) is 12.4 Å². The summed E-state index contributed by atoms with van der Waals surface area (Å²) in [6, 6.07) is 23.6. The zero-order valence-electron chi connectivity index (χ0n) is 19.4. The Labute approximate surface area is 203 Å². The fourth-order valence-corrected chi connectivity index (χ4v) is 3.22. The van der Waals surface area contributed by atoms with E-state index in [1.54, 1.807) is 24.3 Å². The van der Waals surface area contributed by atoms with Gasteiger partial charge in [-0.25, -0.2) is 4.79 Å². The third-order valence-electron chi connectivity index (χ3n) is 5.16. The van der Waals surface area contributed by atoms with Crippen LogP contribution in [0.4, 0.5) is 4.79 Å². The summed E-state index contributed by atoms with van der Waals surface area (Å²) in [5, 5.41) is 13.3. The molecule has 0 aliphatic heterocycles. The van der Waals surface area contributed by atoms with Gasteiger partial charge in [-0.05, 0) is 35.2 Å². The minimum atomic E-state index is -0.693. The number of hydrogen-bond acceptors (Lipinski definition) is 6. The first kappa shape index (κ1) is 25.2. The van der Waals surface area contributed by atoms with Crippen molar-refractivity contribution in [2.75, 3.05) is 13.7 Å². The number of amides is 2. The van der Waals surface area contributed by atoms with Gasteiger partial charge in [-0.2, -0.15) is 0 Å². The van der Waals surface area contributed by atoms with E-state index in [0.29, 0.717) is 24.1 Å². The molecular weight excluding hydrogens is 446 g/mol. The molecule has 0 spiro atoms. The Morgan fingerprint density at radius 1 is 0.829 bits per heavy atom. The second-order valence-corrected chi connectivity index (χ2v) is 7.65. The summed E-state index contributed by atoms with van der Waals surface area (Å²) >= 11 is 0. The summed E-state index contributed by atoms with van der Waals surface area (Å²) in [7, 11) is 1.33. The number of ether oxygens (including phenoxy) is 2. The van der Waals surface area contributed by atoms with Gasteiger partial charge in [-0.3, -0.25) is 20.3 Å². The lowest BCUT2D eigenvalue weighted by Gasteiger charge is -2.09. The standard InChI is InChI=1S/C27H27N3O5/c1-34-24(31)8-5-17-29-26(32)23-15-11-21(12-16-23)20-9-13-22(14-10-20)25(28)30-27(33)35-18-19-6-3-2-4-7-19/h2-4,6-7,9-16H,5,8,17-18H2,1H3,(H,29,32)(H2,28,30,33). The molecule has 3 N–H and O–H groups in total. The van der Waals surface area contributed by atoms with Gasteiger partial charge in [-0.1, -0.05) is 66.7 Å². The summed E-state index contributed by atoms with van der Waals surface area (Å²) in [4.78, 5) is 35.3. The molecular formula is C27H27N3O5. The predicted molar refractivity (Wildman–Crippen MR) is 132 cm³/mol. The number of rotatable bonds is 9. The van der Waals surface area contributed by atoms with E-state index < -0.39 is 6.09 Å². The molecule has 3 aromatic carbocycles. The van der Waals surface area contributed by atoms with Crippen LogP contribution in [0.3, 0.4) is 0 Å². The first-order valence-corrected chi connectivity index (χ1v) is 11.1. The third kappa shape index (κ3) is 7.82. The fourth-order valence-electron chi connectivity index (χ4n) is 3.22. The number of benzene rings is 3. The average Bonchev–Trinajstić information content (AvgIpc) is 2.90. The van der Waals surface area contributed by atoms with E-state index in [4.69, 9.17) is 10.1 Å². The Morgan fingerprint density at radius 3 is 2.03 bits per heavy atom. The van der Waals surface area contributed by atoms with E-state index in [1.165, 1.54) is 7.11 Å². The van der Waals surface area contributed by atoms with Crippen LogP contribution in [0.5, 0.6) is 0 Å². The van der Waals surface area contributed by atoms with Crippen LogP contribution in [0.2, 0.25) is 0 Å². The summed E-state index contributed by atoms with van der Waals surface area (Å²) in [5.74, 6) is -0.576. The second kappa shape index (κ2) is 12.7. The fraction of sp³-hybridized carbons (Fsp3) is 0.185. The molecule has 0 heterocycles. The zero-order chi connectivity index (χ0) is 25.0. The third-order valence-corrected chi connectivity index (χ3v) is 5.16. The highest BCUT2D eigenvalue weighted by Crippen LogP contribution is 2.20. The molecule has 0 aliphatic carbocycles. The summed E-state index contributed by atoms with van der Waals surface area (Å²) < 4.78 is 9.72. The van der Waals surface area contributed by atoms with Gasteiger partial charge >= 0.3 is 12.1 Å². The first-order valence-electron chi connectivity index (χ1n) is 11.1. The van der Waals surface area contributed by atoms with Crippen molar-refractivity contribution < 1.29 is 23.9 Å². The Morgan fingerprint density at radius 2 is 1.43 bits per heavy atom. The number of carbonyl (C=O) groups excluding carboxylic acids is 3. The van der Waals surface area contributed by atoms with E-state index in [2.05, 4.69) is 15.4 Å². The van der Waals surface area contributed by atoms with E-state index in [0.717, 1.165) is 16.7 Å². The number of alkyl carbamates (subject to hydrolysis) is 1. The Kier molecular flexibility index (Phi) is 9.13. The van der Waals surface area contributed by atoms with Gasteiger partial charge < -0.3 is 14.8 Å². The van der Waals surface area contributed by atoms with Crippen molar-refractivity contribution in [2.24, 2.45) is 0 Å². The quantitative estimate of drug-likeness (QED) is 0.185. The number of nitrogens with one attached hydrogen (secondary N) is 3. The molecule has 180 valence electrons. The molecule has 0 saturated heterocycles. The lowest BCUT2D eigenvalue weighted by atomic mass is 10.0. The zero-order valence-corrected chi connectivity index (χ0v) is 19.4. The molecule has 0 saturated carbocycles. The van der Waals surface area contributed by atoms with Crippen LogP contribution >= 0.6 is 0 Å². The first-order chi connectivity index (χ1) is 17.0. The molecule has 2 amide bonds. The molecule has 3 aromatic rings. The minimum Gasteiger partial charge on any atom is -0.469 e. The van der Waals surface area contributed by atoms with Gasteiger partial charge in [0.2, 0.25) is 0 Å². The number of methoxy groups -OCH3 is 1. The SMILES string of the molecule is COC(=O)CCCNC(=O)c1ccc(-c2ccc(C(=N)NC(=O)OCc3ccccc3)cc2)cc1. The molecule has 0 aromatic heterocycles. The van der Waals surface area contributed by atoms with E-state index in [-0.39, 0.29) is 30.7 Å². The number of amidine groups is 1. The lowest BCUT2D eigenvalue weighted by Crippen LogP contribution is -2.30. The van der Waals surface area contributed by atoms with Crippen LogP contribution in [0.15, 0.2) is 78.9 Å². The molecule has 8 nitrogen and oxygen atoms in total. The highest BCUT2D eigenvalue weighted by molar-refractivity contribution is 6.04. The van der Waals surface area contributed by atoms with E-state index in [1.807, 2.05) is 54.6 Å². The van der Waals surface area contributed by atoms with Crippen molar-refractivity contribution in [2.45, 2.75) is 19.4 Å². The summed E-state index contributed by atoms with van der Waals surface area (Å²) in [6.45, 7) is 0.511. The van der Waals surface area contributed by atoms with Gasteiger partial charge in [-0.15, -0.1) is 0 Å². The molecule has 35 heavy (non-hydrogen) atoms. The molecule has 0 radical (unpaired) electrons. The van der Waals surface area contributed by atoms with Crippen LogP contribution in [-0.2, 0) is 20.9 Å². The number of carbonyl (C=O) groups is 3. The smallest absolute Gasteiger partial charge is 0.413 e. The maximum atomic E-state index is 12.2. The summed E-state index contributed by atoms with van der Waals surface area (Å²) in [6.07, 6.45) is 0.0764. The van der Waals surface area contributed by atoms with Crippen molar-refractivity contribution in [3.05, 3.63) is 95.6 Å². The van der Waals surface area contributed by atoms with Crippen molar-refractivity contribution >= 4 is 23.8 Å². The number of hydrogen-bond donors (Lipinski definition) is 3. The maximum Gasteiger partial charge on any atom is 0.413 e. The molecule has 3 rings (SSSR count). The van der Waals surface area contributed by atoms with Crippen LogP contribution in [0.25, 0.3) is 11.1 Å². The predicted octanol–water partition coefficient (Wildman–Crippen LogP) is 4.29. The van der Waals surface area contributed by atoms with Crippen LogP contribution in [0, 0.1) is 5.41 Å². The second-order valence-electron chi connectivity index (χ2n) is 7.65. The average molecular weight is 474 g/mol. The van der Waals surface area contributed by atoms with Crippen LogP contribution in [-0.4, -0.2) is 37.5 Å². The summed E-state index contributed by atoms with van der Waals surface area (Å²) in [5.41, 5.74) is 3.72. The van der Waals surface area contributed by atoms with Crippen molar-refractivity contribution in [3.8, 4) is 11.1 Å². The van der Waals surface area contributed by atoms with Gasteiger partial charge in [0.05, 0.1) is 7.11 Å². The maximum absolute atomic E-state index is 12.2. The Bertz CT molecular complexity index is 1160. The van der Waals surface area contributed by atoms with E-state index in [9.17, 15) is 14.4 Å². The van der Waals surface area contributed by atoms with Crippen molar-refractivity contribution in [1.82, 2.24) is 10.6 Å². The largest absolute Gasteiger partial charge is 0.469 e. The number of esters is 1. The molecule has 0 aliphatic rings. The van der Waals surface area contributed by atoms with Gasteiger partial charge in [0.25, 0.3) is 5.91 Å². The lowest BCUT2D eigenvalue weighted by molar-refractivity contribution is -0.140. The van der Waals surface area contributed by atoms with Gasteiger partial charge in [0.15, 0.2) is 0 Å². The van der Waals surface area contributed by atoms with Crippen LogP contribution < -0.4 is 10.6 Å². The highest BCUT2D eigenvalue weighted by atomic mass is 16.5. The Balaban J connectivity index is 1.49. The van der Waals surface area contributed by atoms with E-state index >= 15 is 0 Å². The monoisotopic (exact) mass is 473 g/mol. The Hall–Kier alpha value is -4.46. The van der Waals surface area contributed by atoms with Crippen molar-refractivity contribution in [1.29, 1.82) is 5.41 Å². The van der Waals surface area contributed by atoms with Gasteiger partial charge in [0, 0.05) is 24.1 Å². The molecule has 0 atom stereocenters. The minimum absolute atomic E-state index is 0.0613. The molecule has 0 unspecified atom stereocenters. The molecule has 8 heteroatoms. The molecule has 0 fully saturated rings.